The second-order valence-corrected chi connectivity index (χ2v) is 9.15. The zero-order valence-corrected chi connectivity index (χ0v) is 20.2. The van der Waals surface area contributed by atoms with E-state index in [1.807, 2.05) is 38.1 Å². The van der Waals surface area contributed by atoms with Crippen LogP contribution >= 0.6 is 56.3 Å². The lowest BCUT2D eigenvalue weighted by atomic mass is 10.2. The summed E-state index contributed by atoms with van der Waals surface area (Å²) >= 11 is 12.5. The maximum atomic E-state index is 11.5. The van der Waals surface area contributed by atoms with Crippen LogP contribution in [0.3, 0.4) is 0 Å². The lowest BCUT2D eigenvalue weighted by molar-refractivity contribution is 0.241. The highest BCUT2D eigenvalue weighted by Gasteiger charge is 2.09. The minimum atomic E-state index is 0.0520. The lowest BCUT2D eigenvalue weighted by Crippen LogP contribution is -2.16. The molecule has 0 atom stereocenters. The highest BCUT2D eigenvalue weighted by atomic mass is 79.9. The summed E-state index contributed by atoms with van der Waals surface area (Å²) in [6, 6.07) is 8.12. The smallest absolute Gasteiger partial charge is 0.285 e. The molecule has 2 aromatic carbocycles. The number of carbonyl (C=O) groups is 1. The van der Waals surface area contributed by atoms with Crippen LogP contribution in [0.1, 0.15) is 22.3 Å². The van der Waals surface area contributed by atoms with Crippen LogP contribution in [0.15, 0.2) is 43.0 Å². The van der Waals surface area contributed by atoms with Gasteiger partial charge in [-0.1, -0.05) is 31.9 Å². The molecule has 0 radical (unpaired) electrons. The Balaban J connectivity index is 0.000000271. The summed E-state index contributed by atoms with van der Waals surface area (Å²) in [6.07, 6.45) is 0. The Morgan fingerprint density at radius 1 is 0.880 bits per heavy atom. The molecular weight excluding hydrogens is 482 g/mol. The van der Waals surface area contributed by atoms with E-state index in [1.165, 1.54) is 27.4 Å². The fourth-order valence-electron chi connectivity index (χ4n) is 2.08. The SMILES string of the molecule is Cc1cc(S)cc(C)c1Br.Cc1cc(SC(=O)N(C)C)cc(C)c1Br. The summed E-state index contributed by atoms with van der Waals surface area (Å²) < 4.78 is 2.30. The van der Waals surface area contributed by atoms with Gasteiger partial charge in [0.05, 0.1) is 0 Å². The van der Waals surface area contributed by atoms with Gasteiger partial charge in [-0.15, -0.1) is 12.6 Å². The Labute approximate surface area is 177 Å². The normalized spacial score (nSPS) is 10.1. The number of aryl methyl sites for hydroxylation is 4. The first kappa shape index (κ1) is 22.6. The average molecular weight is 505 g/mol. The van der Waals surface area contributed by atoms with E-state index in [0.29, 0.717) is 0 Å². The third-order valence-corrected chi connectivity index (χ3v) is 7.17. The molecule has 2 aromatic rings. The summed E-state index contributed by atoms with van der Waals surface area (Å²) in [7, 11) is 3.52. The molecule has 0 spiro atoms. The molecule has 0 fully saturated rings. The van der Waals surface area contributed by atoms with E-state index < -0.39 is 0 Å². The largest absolute Gasteiger partial charge is 0.339 e. The number of thiol groups is 1. The van der Waals surface area contributed by atoms with Crippen LogP contribution in [-0.4, -0.2) is 24.2 Å². The van der Waals surface area contributed by atoms with Crippen molar-refractivity contribution < 1.29 is 4.79 Å². The molecule has 136 valence electrons. The van der Waals surface area contributed by atoms with E-state index in [-0.39, 0.29) is 5.24 Å². The number of thioether (sulfide) groups is 1. The molecule has 0 aliphatic heterocycles. The van der Waals surface area contributed by atoms with Crippen molar-refractivity contribution in [2.75, 3.05) is 14.1 Å². The fraction of sp³-hybridized carbons (Fsp3) is 0.316. The molecule has 0 bridgehead atoms. The van der Waals surface area contributed by atoms with Crippen molar-refractivity contribution in [3.05, 3.63) is 55.5 Å². The molecule has 0 aliphatic carbocycles. The third kappa shape index (κ3) is 7.00. The van der Waals surface area contributed by atoms with Crippen LogP contribution in [-0.2, 0) is 0 Å². The van der Waals surface area contributed by atoms with Crippen molar-refractivity contribution in [1.29, 1.82) is 0 Å². The molecule has 2 nitrogen and oxygen atoms in total. The Kier molecular flexibility index (Phi) is 9.09. The van der Waals surface area contributed by atoms with Crippen molar-refractivity contribution in [1.82, 2.24) is 4.90 Å². The van der Waals surface area contributed by atoms with Gasteiger partial charge in [-0.25, -0.2) is 0 Å². The van der Waals surface area contributed by atoms with Crippen molar-refractivity contribution in [3.8, 4) is 0 Å². The fourth-order valence-corrected chi connectivity index (χ4v) is 3.78. The van der Waals surface area contributed by atoms with E-state index in [9.17, 15) is 4.79 Å². The first-order valence-corrected chi connectivity index (χ1v) is 10.5. The van der Waals surface area contributed by atoms with E-state index in [0.717, 1.165) is 25.4 Å². The summed E-state index contributed by atoms with van der Waals surface area (Å²) in [5, 5.41) is 0.0520. The predicted octanol–water partition coefficient (Wildman–Crippen LogP) is 7.19. The Bertz CT molecular complexity index is 730. The average Bonchev–Trinajstić information content (AvgIpc) is 2.50. The summed E-state index contributed by atoms with van der Waals surface area (Å²) in [4.78, 5) is 15.1. The van der Waals surface area contributed by atoms with E-state index in [4.69, 9.17) is 0 Å². The minimum absolute atomic E-state index is 0.0520. The molecular formula is C19H23Br2NOS2. The highest BCUT2D eigenvalue weighted by Crippen LogP contribution is 2.29. The zero-order valence-electron chi connectivity index (χ0n) is 15.3. The molecule has 1 amide bonds. The van der Waals surface area contributed by atoms with E-state index in [1.54, 1.807) is 19.0 Å². The van der Waals surface area contributed by atoms with Crippen LogP contribution in [0.25, 0.3) is 0 Å². The van der Waals surface area contributed by atoms with Gasteiger partial charge in [-0.3, -0.25) is 4.79 Å². The number of halogens is 2. The predicted molar refractivity (Wildman–Crippen MR) is 119 cm³/mol. The van der Waals surface area contributed by atoms with Crippen LogP contribution in [0.4, 0.5) is 4.79 Å². The Morgan fingerprint density at radius 2 is 1.24 bits per heavy atom. The summed E-state index contributed by atoms with van der Waals surface area (Å²) in [5.41, 5.74) is 4.79. The van der Waals surface area contributed by atoms with Gasteiger partial charge >= 0.3 is 0 Å². The first-order chi connectivity index (χ1) is 11.5. The van der Waals surface area contributed by atoms with Gasteiger partial charge < -0.3 is 4.90 Å². The van der Waals surface area contributed by atoms with Crippen LogP contribution < -0.4 is 0 Å². The molecule has 0 N–H and O–H groups in total. The molecule has 0 aromatic heterocycles. The maximum absolute atomic E-state index is 11.5. The number of benzene rings is 2. The first-order valence-electron chi connectivity index (χ1n) is 7.64. The molecule has 0 saturated carbocycles. The monoisotopic (exact) mass is 503 g/mol. The number of amides is 1. The van der Waals surface area contributed by atoms with Gasteiger partial charge in [0, 0.05) is 32.8 Å². The lowest BCUT2D eigenvalue weighted by Gasteiger charge is -2.11. The molecule has 25 heavy (non-hydrogen) atoms. The molecule has 6 heteroatoms. The molecule has 0 saturated heterocycles. The quantitative estimate of drug-likeness (QED) is 0.327. The standard InChI is InChI=1S/C11H14BrNOS.C8H9BrS/c1-7-5-9(6-8(2)10(7)12)15-11(14)13(3)4;1-5-3-7(10)4-6(2)8(5)9/h5-6H,1-4H3;3-4,10H,1-2H3. The van der Waals surface area contributed by atoms with Crippen LogP contribution in [0.2, 0.25) is 0 Å². The van der Waals surface area contributed by atoms with Crippen molar-refractivity contribution >= 4 is 61.5 Å². The van der Waals surface area contributed by atoms with Gasteiger partial charge in [0.2, 0.25) is 0 Å². The number of nitrogens with zero attached hydrogens (tertiary/aromatic N) is 1. The highest BCUT2D eigenvalue weighted by molar-refractivity contribution is 9.10. The van der Waals surface area contributed by atoms with Gasteiger partial charge in [0.25, 0.3) is 5.24 Å². The summed E-state index contributed by atoms with van der Waals surface area (Å²) in [5.74, 6) is 0. The number of rotatable bonds is 1. The van der Waals surface area contributed by atoms with Crippen molar-refractivity contribution in [2.24, 2.45) is 0 Å². The molecule has 0 heterocycles. The third-order valence-electron chi connectivity index (χ3n) is 3.40. The second-order valence-electron chi connectivity index (χ2n) is 6.03. The van der Waals surface area contributed by atoms with Crippen molar-refractivity contribution in [3.63, 3.8) is 0 Å². The van der Waals surface area contributed by atoms with Crippen molar-refractivity contribution in [2.45, 2.75) is 37.5 Å². The Morgan fingerprint density at radius 3 is 1.60 bits per heavy atom. The van der Waals surface area contributed by atoms with Crippen LogP contribution in [0.5, 0.6) is 0 Å². The van der Waals surface area contributed by atoms with Crippen LogP contribution in [0, 0.1) is 27.7 Å². The van der Waals surface area contributed by atoms with Gasteiger partial charge in [-0.05, 0) is 86.0 Å². The number of carbonyl (C=O) groups excluding carboxylic acids is 1. The maximum Gasteiger partial charge on any atom is 0.285 e. The summed E-state index contributed by atoms with van der Waals surface area (Å²) in [6.45, 7) is 8.19. The molecule has 0 unspecified atom stereocenters. The zero-order chi connectivity index (χ0) is 19.3. The topological polar surface area (TPSA) is 20.3 Å². The Hall–Kier alpha value is -0.430. The van der Waals surface area contributed by atoms with E-state index in [2.05, 4.69) is 58.3 Å². The van der Waals surface area contributed by atoms with E-state index >= 15 is 0 Å². The molecule has 0 aliphatic rings. The number of hydrogen-bond acceptors (Lipinski definition) is 3. The minimum Gasteiger partial charge on any atom is -0.339 e. The van der Waals surface area contributed by atoms with Gasteiger partial charge in [-0.2, -0.15) is 0 Å². The molecule has 2 rings (SSSR count). The number of hydrogen-bond donors (Lipinski definition) is 1. The van der Waals surface area contributed by atoms with Gasteiger partial charge in [0.15, 0.2) is 0 Å². The van der Waals surface area contributed by atoms with Gasteiger partial charge in [0.1, 0.15) is 0 Å². The second kappa shape index (κ2) is 10.0.